The number of hydrogen-bond donors (Lipinski definition) is 3. The number of rotatable bonds is 6. The summed E-state index contributed by atoms with van der Waals surface area (Å²) in [6.07, 6.45) is 3.77. The van der Waals surface area contributed by atoms with Gasteiger partial charge in [0.15, 0.2) is 0 Å². The molecule has 0 aliphatic carbocycles. The number of benzene rings is 1. The first-order chi connectivity index (χ1) is 15.0. The van der Waals surface area contributed by atoms with E-state index in [4.69, 9.17) is 9.97 Å². The van der Waals surface area contributed by atoms with Gasteiger partial charge in [0, 0.05) is 24.3 Å². The van der Waals surface area contributed by atoms with Gasteiger partial charge in [-0.05, 0) is 57.7 Å². The van der Waals surface area contributed by atoms with Crippen molar-refractivity contribution in [2.75, 3.05) is 16.8 Å². The Morgan fingerprint density at radius 1 is 1.16 bits per heavy atom. The topological polar surface area (TPSA) is 99.2 Å². The largest absolute Gasteiger partial charge is 0.356 e. The number of carbonyl (C=O) groups excluding carboxylic acids is 2. The molecule has 3 N–H and O–H groups in total. The number of anilines is 3. The van der Waals surface area contributed by atoms with Crippen LogP contribution in [-0.4, -0.2) is 40.4 Å². The van der Waals surface area contributed by atoms with Gasteiger partial charge in [-0.2, -0.15) is 4.98 Å². The zero-order chi connectivity index (χ0) is 22.0. The van der Waals surface area contributed by atoms with Gasteiger partial charge in [0.25, 0.3) is 5.91 Å². The standard InChI is InChI=1S/C23H30N6O2/c1-4-24-19(30)12-16-8-10-17(11-9-16)26-21-20-18(13-25-22(20)31)27-23(28-21)29-14(2)6-5-7-15(29)3/h8-11,14-15H,4-7,12-13H2,1-3H3,(H,24,30)(H,25,31)(H,26,27,28)/t14-,15-/m1/s1. The highest BCUT2D eigenvalue weighted by molar-refractivity contribution is 6.02. The molecule has 0 unspecified atom stereocenters. The highest BCUT2D eigenvalue weighted by Crippen LogP contribution is 2.31. The van der Waals surface area contributed by atoms with Crippen LogP contribution < -0.4 is 20.9 Å². The van der Waals surface area contributed by atoms with Gasteiger partial charge >= 0.3 is 0 Å². The van der Waals surface area contributed by atoms with Crippen LogP contribution in [0, 0.1) is 0 Å². The lowest BCUT2D eigenvalue weighted by molar-refractivity contribution is -0.120. The second-order valence-electron chi connectivity index (χ2n) is 8.37. The molecule has 2 aliphatic heterocycles. The Labute approximate surface area is 182 Å². The third-order valence-electron chi connectivity index (χ3n) is 6.00. The molecule has 0 radical (unpaired) electrons. The Kier molecular flexibility index (Phi) is 6.06. The van der Waals surface area contributed by atoms with E-state index in [0.717, 1.165) is 29.8 Å². The second kappa shape index (κ2) is 8.91. The predicted octanol–water partition coefficient (Wildman–Crippen LogP) is 2.91. The molecule has 0 saturated carbocycles. The summed E-state index contributed by atoms with van der Waals surface area (Å²) in [5.41, 5.74) is 2.98. The smallest absolute Gasteiger partial charge is 0.257 e. The van der Waals surface area contributed by atoms with Crippen molar-refractivity contribution in [3.8, 4) is 0 Å². The maximum atomic E-state index is 12.4. The number of fused-ring (bicyclic) bond motifs is 1. The number of aromatic nitrogens is 2. The van der Waals surface area contributed by atoms with Crippen LogP contribution in [0.2, 0.25) is 0 Å². The third kappa shape index (κ3) is 4.47. The highest BCUT2D eigenvalue weighted by atomic mass is 16.2. The molecule has 1 aromatic carbocycles. The monoisotopic (exact) mass is 422 g/mol. The van der Waals surface area contributed by atoms with Crippen molar-refractivity contribution in [3.63, 3.8) is 0 Å². The first-order valence-electron chi connectivity index (χ1n) is 11.1. The van der Waals surface area contributed by atoms with Gasteiger partial charge in [-0.25, -0.2) is 4.98 Å². The molecule has 2 aromatic rings. The van der Waals surface area contributed by atoms with Crippen LogP contribution in [0.1, 0.15) is 61.6 Å². The summed E-state index contributed by atoms with van der Waals surface area (Å²) in [6.45, 7) is 7.35. The van der Waals surface area contributed by atoms with Gasteiger partial charge in [0.1, 0.15) is 11.4 Å². The summed E-state index contributed by atoms with van der Waals surface area (Å²) < 4.78 is 0. The summed E-state index contributed by atoms with van der Waals surface area (Å²) >= 11 is 0. The lowest BCUT2D eigenvalue weighted by Gasteiger charge is -2.39. The van der Waals surface area contributed by atoms with Gasteiger partial charge < -0.3 is 20.9 Å². The van der Waals surface area contributed by atoms with Crippen molar-refractivity contribution in [2.24, 2.45) is 0 Å². The number of likely N-dealkylation sites (N-methyl/N-ethyl adjacent to an activating group) is 1. The number of carbonyl (C=O) groups is 2. The summed E-state index contributed by atoms with van der Waals surface area (Å²) in [7, 11) is 0. The molecule has 4 rings (SSSR count). The van der Waals surface area contributed by atoms with E-state index < -0.39 is 0 Å². The molecule has 1 fully saturated rings. The molecule has 3 heterocycles. The Morgan fingerprint density at radius 2 is 1.87 bits per heavy atom. The predicted molar refractivity (Wildman–Crippen MR) is 121 cm³/mol. The number of hydrogen-bond acceptors (Lipinski definition) is 6. The van der Waals surface area contributed by atoms with E-state index in [0.29, 0.717) is 48.9 Å². The van der Waals surface area contributed by atoms with E-state index in [-0.39, 0.29) is 11.8 Å². The van der Waals surface area contributed by atoms with Crippen molar-refractivity contribution in [3.05, 3.63) is 41.1 Å². The van der Waals surface area contributed by atoms with E-state index in [1.807, 2.05) is 31.2 Å². The molecule has 1 aromatic heterocycles. The fourth-order valence-corrected chi connectivity index (χ4v) is 4.42. The normalized spacial score (nSPS) is 20.2. The first-order valence-corrected chi connectivity index (χ1v) is 11.1. The van der Waals surface area contributed by atoms with Crippen molar-refractivity contribution in [1.82, 2.24) is 20.6 Å². The van der Waals surface area contributed by atoms with Gasteiger partial charge in [-0.1, -0.05) is 12.1 Å². The molecular formula is C23H30N6O2. The molecule has 2 aliphatic rings. The van der Waals surface area contributed by atoms with Crippen LogP contribution in [0.4, 0.5) is 17.5 Å². The van der Waals surface area contributed by atoms with Crippen LogP contribution >= 0.6 is 0 Å². The lowest BCUT2D eigenvalue weighted by Crippen LogP contribution is -2.45. The Morgan fingerprint density at radius 3 is 2.55 bits per heavy atom. The molecule has 0 spiro atoms. The lowest BCUT2D eigenvalue weighted by atomic mass is 9.98. The fourth-order valence-electron chi connectivity index (χ4n) is 4.42. The van der Waals surface area contributed by atoms with Crippen molar-refractivity contribution in [2.45, 2.75) is 65.1 Å². The van der Waals surface area contributed by atoms with Crippen LogP contribution in [-0.2, 0) is 17.8 Å². The number of nitrogens with one attached hydrogen (secondary N) is 3. The number of amides is 2. The van der Waals surface area contributed by atoms with Gasteiger partial charge in [0.05, 0.1) is 18.7 Å². The summed E-state index contributed by atoms with van der Waals surface area (Å²) in [6, 6.07) is 8.34. The maximum absolute atomic E-state index is 12.4. The summed E-state index contributed by atoms with van der Waals surface area (Å²) in [4.78, 5) is 36.0. The molecular weight excluding hydrogens is 392 g/mol. The van der Waals surface area contributed by atoms with Crippen LogP contribution in [0.15, 0.2) is 24.3 Å². The Hall–Kier alpha value is -3.16. The Balaban J connectivity index is 1.61. The van der Waals surface area contributed by atoms with Gasteiger partial charge in [0.2, 0.25) is 11.9 Å². The first kappa shape index (κ1) is 21.1. The molecule has 164 valence electrons. The van der Waals surface area contributed by atoms with Gasteiger partial charge in [-0.3, -0.25) is 9.59 Å². The minimum absolute atomic E-state index is 0.00270. The van der Waals surface area contributed by atoms with E-state index >= 15 is 0 Å². The molecule has 2 atom stereocenters. The zero-order valence-corrected chi connectivity index (χ0v) is 18.4. The van der Waals surface area contributed by atoms with Gasteiger partial charge in [-0.15, -0.1) is 0 Å². The minimum atomic E-state index is -0.156. The van der Waals surface area contributed by atoms with Crippen molar-refractivity contribution < 1.29 is 9.59 Å². The molecule has 0 bridgehead atoms. The molecule has 1 saturated heterocycles. The average Bonchev–Trinajstić information content (AvgIpc) is 3.11. The summed E-state index contributed by atoms with van der Waals surface area (Å²) in [5.74, 6) is 1.04. The van der Waals surface area contributed by atoms with E-state index in [1.165, 1.54) is 6.42 Å². The number of nitrogens with zero attached hydrogens (tertiary/aromatic N) is 3. The SMILES string of the molecule is CCNC(=O)Cc1ccc(Nc2nc(N3[C@H](C)CCC[C@H]3C)nc3c2C(=O)NC3)cc1. The minimum Gasteiger partial charge on any atom is -0.356 e. The molecule has 2 amide bonds. The van der Waals surface area contributed by atoms with E-state index in [9.17, 15) is 9.59 Å². The fraction of sp³-hybridized carbons (Fsp3) is 0.478. The molecule has 8 nitrogen and oxygen atoms in total. The zero-order valence-electron chi connectivity index (χ0n) is 18.4. The summed E-state index contributed by atoms with van der Waals surface area (Å²) in [5, 5.41) is 8.98. The highest BCUT2D eigenvalue weighted by Gasteiger charge is 2.32. The second-order valence-corrected chi connectivity index (χ2v) is 8.37. The molecule has 8 heteroatoms. The third-order valence-corrected chi connectivity index (χ3v) is 6.00. The van der Waals surface area contributed by atoms with Crippen LogP contribution in [0.5, 0.6) is 0 Å². The van der Waals surface area contributed by atoms with Crippen molar-refractivity contribution >= 4 is 29.3 Å². The maximum Gasteiger partial charge on any atom is 0.257 e. The van der Waals surface area contributed by atoms with Crippen LogP contribution in [0.3, 0.4) is 0 Å². The van der Waals surface area contributed by atoms with Crippen molar-refractivity contribution in [1.29, 1.82) is 0 Å². The quantitative estimate of drug-likeness (QED) is 0.662. The molecule has 31 heavy (non-hydrogen) atoms. The van der Waals surface area contributed by atoms with E-state index in [1.54, 1.807) is 0 Å². The van der Waals surface area contributed by atoms with E-state index in [2.05, 4.69) is 34.7 Å². The Bertz CT molecular complexity index is 965. The van der Waals surface area contributed by atoms with Crippen LogP contribution in [0.25, 0.3) is 0 Å². The average molecular weight is 423 g/mol. The number of piperidine rings is 1.